The van der Waals surface area contributed by atoms with E-state index in [9.17, 15) is 10.2 Å². The zero-order valence-corrected chi connectivity index (χ0v) is 17.7. The molecule has 0 amide bonds. The van der Waals surface area contributed by atoms with Gasteiger partial charge in [-0.2, -0.15) is 0 Å². The van der Waals surface area contributed by atoms with Crippen LogP contribution < -0.4 is 4.74 Å². The van der Waals surface area contributed by atoms with Crippen LogP contribution in [0, 0.1) is 6.92 Å². The third kappa shape index (κ3) is 5.22. The summed E-state index contributed by atoms with van der Waals surface area (Å²) in [5.41, 5.74) is 4.39. The van der Waals surface area contributed by atoms with Crippen LogP contribution in [0.3, 0.4) is 0 Å². The highest BCUT2D eigenvalue weighted by Crippen LogP contribution is 2.46. The van der Waals surface area contributed by atoms with Gasteiger partial charge in [-0.1, -0.05) is 18.2 Å². The average molecular weight is 403 g/mol. The Hall–Kier alpha value is -1.69. The summed E-state index contributed by atoms with van der Waals surface area (Å²) in [6.07, 6.45) is 1.83. The second-order valence-corrected chi connectivity index (χ2v) is 8.93. The van der Waals surface area contributed by atoms with Gasteiger partial charge in [-0.15, -0.1) is 11.8 Å². The van der Waals surface area contributed by atoms with Crippen molar-refractivity contribution in [2.75, 3.05) is 20.3 Å². The normalized spacial score (nSPS) is 22.2. The Kier molecular flexibility index (Phi) is 7.27. The summed E-state index contributed by atoms with van der Waals surface area (Å²) in [6.45, 7) is 5.29. The van der Waals surface area contributed by atoms with Crippen LogP contribution >= 0.6 is 11.8 Å². The van der Waals surface area contributed by atoms with E-state index >= 15 is 0 Å². The molecule has 1 fully saturated rings. The molecule has 28 heavy (non-hydrogen) atoms. The van der Waals surface area contributed by atoms with Gasteiger partial charge in [-0.25, -0.2) is 0 Å². The molecule has 3 unspecified atom stereocenters. The van der Waals surface area contributed by atoms with Crippen LogP contribution in [0.4, 0.5) is 0 Å². The number of benzene rings is 2. The van der Waals surface area contributed by atoms with Gasteiger partial charge < -0.3 is 19.7 Å². The topological polar surface area (TPSA) is 58.9 Å². The first-order valence-electron chi connectivity index (χ1n) is 9.86. The zero-order chi connectivity index (χ0) is 20.1. The van der Waals surface area contributed by atoms with Crippen molar-refractivity contribution in [2.24, 2.45) is 0 Å². The molecule has 2 N–H and O–H groups in total. The Morgan fingerprint density at radius 3 is 2.57 bits per heavy atom. The van der Waals surface area contributed by atoms with E-state index in [1.54, 1.807) is 18.9 Å². The quantitative estimate of drug-likeness (QED) is 0.707. The maximum Gasteiger partial charge on any atom is 0.120 e. The molecule has 1 saturated heterocycles. The number of aryl methyl sites for hydroxylation is 1. The Balaban J connectivity index is 1.81. The van der Waals surface area contributed by atoms with E-state index in [-0.39, 0.29) is 16.6 Å². The van der Waals surface area contributed by atoms with Crippen LogP contribution in [0.25, 0.3) is 0 Å². The number of phenols is 1. The maximum atomic E-state index is 10.6. The van der Waals surface area contributed by atoms with Gasteiger partial charge in [-0.3, -0.25) is 0 Å². The second kappa shape index (κ2) is 9.68. The number of aliphatic hydroxyl groups is 1. The average Bonchev–Trinajstić information content (AvgIpc) is 2.65. The first-order chi connectivity index (χ1) is 13.5. The highest BCUT2D eigenvalue weighted by Gasteiger charge is 2.31. The third-order valence-corrected chi connectivity index (χ3v) is 6.68. The van der Waals surface area contributed by atoms with E-state index in [0.717, 1.165) is 29.7 Å². The fraction of sp³-hybridized carbons (Fsp3) is 0.478. The molecule has 1 aliphatic rings. The first kappa shape index (κ1) is 21.0. The highest BCUT2D eigenvalue weighted by atomic mass is 32.2. The molecule has 3 rings (SSSR count). The summed E-state index contributed by atoms with van der Waals surface area (Å²) in [5.74, 6) is 1.20. The molecule has 0 aromatic heterocycles. The highest BCUT2D eigenvalue weighted by molar-refractivity contribution is 8.00. The van der Waals surface area contributed by atoms with Crippen molar-refractivity contribution < 1.29 is 19.7 Å². The number of aromatic hydroxyl groups is 1. The lowest BCUT2D eigenvalue weighted by molar-refractivity contribution is 0.125. The summed E-state index contributed by atoms with van der Waals surface area (Å²) >= 11 is 1.79. The summed E-state index contributed by atoms with van der Waals surface area (Å²) in [6, 6.07) is 12.1. The van der Waals surface area contributed by atoms with Crippen LogP contribution in [0.2, 0.25) is 0 Å². The van der Waals surface area contributed by atoms with Crippen LogP contribution in [0.15, 0.2) is 36.4 Å². The maximum absolute atomic E-state index is 10.6. The largest absolute Gasteiger partial charge is 0.508 e. The van der Waals surface area contributed by atoms with Gasteiger partial charge in [0.15, 0.2) is 0 Å². The van der Waals surface area contributed by atoms with Crippen molar-refractivity contribution in [3.8, 4) is 11.5 Å². The number of thioether (sulfide) groups is 1. The van der Waals surface area contributed by atoms with Gasteiger partial charge in [0.2, 0.25) is 0 Å². The summed E-state index contributed by atoms with van der Waals surface area (Å²) < 4.78 is 10.8. The number of hydrogen-bond donors (Lipinski definition) is 2. The molecule has 1 heterocycles. The van der Waals surface area contributed by atoms with Gasteiger partial charge in [0.25, 0.3) is 0 Å². The molecule has 1 aliphatic heterocycles. The molecule has 152 valence electrons. The summed E-state index contributed by atoms with van der Waals surface area (Å²) in [4.78, 5) is 0. The van der Waals surface area contributed by atoms with Crippen LogP contribution in [0.5, 0.6) is 11.5 Å². The van der Waals surface area contributed by atoms with E-state index in [1.165, 1.54) is 11.1 Å². The first-order valence-corrected chi connectivity index (χ1v) is 10.8. The van der Waals surface area contributed by atoms with E-state index < -0.39 is 0 Å². The minimum absolute atomic E-state index is 0.0728. The third-order valence-electron chi connectivity index (χ3n) is 5.19. The Morgan fingerprint density at radius 1 is 1.14 bits per heavy atom. The number of rotatable bonds is 7. The Labute approximate surface area is 171 Å². The molecule has 0 radical (unpaired) electrons. The molecule has 5 heteroatoms. The minimum Gasteiger partial charge on any atom is -0.508 e. The molecule has 2 aromatic carbocycles. The number of methoxy groups -OCH3 is 1. The van der Waals surface area contributed by atoms with Crippen LogP contribution in [-0.2, 0) is 11.2 Å². The lowest BCUT2D eigenvalue weighted by atomic mass is 9.94. The standard InChI is InChI=1S/C23H30O4S/c1-4-27-19-7-5-16(6-8-19)10-17-11-21(22(25)9-15(17)2)23-13-18(24)12-20(28-23)14-26-3/h5-9,11,18,20,23-25H,4,10,12-14H2,1-3H3. The molecular weight excluding hydrogens is 372 g/mol. The second-order valence-electron chi connectivity index (χ2n) is 7.42. The SMILES string of the molecule is CCOc1ccc(Cc2cc(C3CC(O)CC(COC)S3)c(O)cc2C)cc1. The molecule has 3 atom stereocenters. The summed E-state index contributed by atoms with van der Waals surface area (Å²) in [5, 5.41) is 21.2. The van der Waals surface area contributed by atoms with E-state index in [1.807, 2.05) is 32.0 Å². The molecule has 0 bridgehead atoms. The zero-order valence-electron chi connectivity index (χ0n) is 16.9. The van der Waals surface area contributed by atoms with Gasteiger partial charge >= 0.3 is 0 Å². The molecule has 0 spiro atoms. The molecule has 0 saturated carbocycles. The van der Waals surface area contributed by atoms with Gasteiger partial charge in [-0.05, 0) is 68.0 Å². The number of aliphatic hydroxyl groups excluding tert-OH is 1. The van der Waals surface area contributed by atoms with Crippen molar-refractivity contribution in [3.63, 3.8) is 0 Å². The predicted molar refractivity (Wildman–Crippen MR) is 114 cm³/mol. The van der Waals surface area contributed by atoms with Crippen molar-refractivity contribution >= 4 is 11.8 Å². The van der Waals surface area contributed by atoms with Crippen molar-refractivity contribution in [3.05, 3.63) is 58.7 Å². The Bertz CT molecular complexity index is 775. The lowest BCUT2D eigenvalue weighted by Gasteiger charge is -2.32. The van der Waals surface area contributed by atoms with E-state index in [0.29, 0.717) is 25.4 Å². The van der Waals surface area contributed by atoms with Gasteiger partial charge in [0, 0.05) is 23.2 Å². The molecule has 2 aromatic rings. The molecule has 0 aliphatic carbocycles. The fourth-order valence-electron chi connectivity index (χ4n) is 3.78. The van der Waals surface area contributed by atoms with Crippen LogP contribution in [0.1, 0.15) is 47.3 Å². The lowest BCUT2D eigenvalue weighted by Crippen LogP contribution is -2.27. The molecule has 4 nitrogen and oxygen atoms in total. The monoisotopic (exact) mass is 402 g/mol. The number of phenolic OH excluding ortho intramolecular Hbond substituents is 1. The smallest absolute Gasteiger partial charge is 0.120 e. The minimum atomic E-state index is -0.360. The van der Waals surface area contributed by atoms with Crippen molar-refractivity contribution in [1.82, 2.24) is 0 Å². The fourth-order valence-corrected chi connectivity index (χ4v) is 5.46. The number of ether oxygens (including phenoxy) is 2. The van der Waals surface area contributed by atoms with E-state index in [2.05, 4.69) is 18.2 Å². The van der Waals surface area contributed by atoms with Gasteiger partial charge in [0.1, 0.15) is 11.5 Å². The predicted octanol–water partition coefficient (Wildman–Crippen LogP) is 4.63. The summed E-state index contributed by atoms with van der Waals surface area (Å²) in [7, 11) is 1.69. The Morgan fingerprint density at radius 2 is 1.89 bits per heavy atom. The van der Waals surface area contributed by atoms with Crippen molar-refractivity contribution in [1.29, 1.82) is 0 Å². The number of hydrogen-bond acceptors (Lipinski definition) is 5. The molecular formula is C23H30O4S. The van der Waals surface area contributed by atoms with E-state index in [4.69, 9.17) is 9.47 Å². The van der Waals surface area contributed by atoms with Crippen molar-refractivity contribution in [2.45, 2.75) is 49.7 Å². The van der Waals surface area contributed by atoms with Gasteiger partial charge in [0.05, 0.1) is 19.3 Å². The van der Waals surface area contributed by atoms with Crippen LogP contribution in [-0.4, -0.2) is 41.9 Å².